The van der Waals surface area contributed by atoms with E-state index in [1.807, 2.05) is 0 Å². The van der Waals surface area contributed by atoms with Crippen LogP contribution in [0, 0.1) is 0 Å². The fraction of sp³-hybridized carbons (Fsp3) is 1.00. The topological polar surface area (TPSA) is 0 Å². The Morgan fingerprint density at radius 2 is 0.372 bits per heavy atom. The van der Waals surface area contributed by atoms with Crippen molar-refractivity contribution in [2.75, 3.05) is 23.0 Å². The summed E-state index contributed by atoms with van der Waals surface area (Å²) < 4.78 is 0. The highest BCUT2D eigenvalue weighted by molar-refractivity contribution is 8.33. The van der Waals surface area contributed by atoms with Gasteiger partial charge in [-0.05, 0) is 48.7 Å². The summed E-state index contributed by atoms with van der Waals surface area (Å²) in [6.07, 6.45) is 50.4. The zero-order chi connectivity index (χ0) is 31.4. The van der Waals surface area contributed by atoms with Crippen LogP contribution in [0.15, 0.2) is 0 Å². The molecule has 1 heteroatoms. The monoisotopic (exact) mass is 625 g/mol. The van der Waals surface area contributed by atoms with Crippen LogP contribution >= 0.6 is 10.0 Å². The van der Waals surface area contributed by atoms with Gasteiger partial charge in [0.1, 0.15) is 0 Å². The highest BCUT2D eigenvalue weighted by atomic mass is 32.3. The van der Waals surface area contributed by atoms with Gasteiger partial charge in [-0.2, -0.15) is 0 Å². The smallest absolute Gasteiger partial charge is 0.0228 e. The van der Waals surface area contributed by atoms with Gasteiger partial charge in [0.25, 0.3) is 0 Å². The third-order valence-electron chi connectivity index (χ3n) is 10.1. The number of hydrogen-bond acceptors (Lipinski definition) is 0. The van der Waals surface area contributed by atoms with Crippen molar-refractivity contribution in [1.29, 1.82) is 0 Å². The van der Waals surface area contributed by atoms with Crippen LogP contribution < -0.4 is 0 Å². The Bertz CT molecular complexity index is 441. The molecule has 0 atom stereocenters. The van der Waals surface area contributed by atoms with Crippen LogP contribution in [0.1, 0.15) is 246 Å². The van der Waals surface area contributed by atoms with Crippen molar-refractivity contribution < 1.29 is 0 Å². The fourth-order valence-electron chi connectivity index (χ4n) is 7.39. The second-order valence-corrected chi connectivity index (χ2v) is 18.7. The second kappa shape index (κ2) is 36.8. The Balaban J connectivity index is 3.72. The van der Waals surface area contributed by atoms with Crippen molar-refractivity contribution >= 4 is 10.0 Å². The van der Waals surface area contributed by atoms with Gasteiger partial charge in [0.05, 0.1) is 0 Å². The molecule has 0 rings (SSSR count). The minimum atomic E-state index is -0.335. The lowest BCUT2D eigenvalue weighted by Gasteiger charge is -2.40. The third-order valence-corrected chi connectivity index (χ3v) is 15.0. The highest BCUT2D eigenvalue weighted by Crippen LogP contribution is 2.51. The summed E-state index contributed by atoms with van der Waals surface area (Å²) in [7, 11) is -0.335. The molecule has 0 saturated heterocycles. The van der Waals surface area contributed by atoms with Crippen LogP contribution in [-0.2, 0) is 0 Å². The minimum Gasteiger partial charge on any atom is -0.241 e. The molecule has 0 amide bonds. The summed E-state index contributed by atoms with van der Waals surface area (Å²) in [5, 5.41) is 0. The molecular formula is C42H88S. The zero-order valence-electron chi connectivity index (χ0n) is 31.3. The normalized spacial score (nSPS) is 12.4. The molecule has 0 aliphatic carbocycles. The summed E-state index contributed by atoms with van der Waals surface area (Å²) in [4.78, 5) is 0. The second-order valence-electron chi connectivity index (χ2n) is 14.6. The molecule has 0 bridgehead atoms. The van der Waals surface area contributed by atoms with Gasteiger partial charge in [0.2, 0.25) is 0 Å². The number of rotatable bonds is 38. The van der Waals surface area contributed by atoms with E-state index in [0.29, 0.717) is 0 Å². The van der Waals surface area contributed by atoms with E-state index in [1.165, 1.54) is 218 Å². The predicted molar refractivity (Wildman–Crippen MR) is 207 cm³/mol. The van der Waals surface area contributed by atoms with E-state index in [9.17, 15) is 0 Å². The molecule has 0 radical (unpaired) electrons. The van der Waals surface area contributed by atoms with Gasteiger partial charge < -0.3 is 0 Å². The summed E-state index contributed by atoms with van der Waals surface area (Å²) in [5.74, 6) is 6.34. The first kappa shape index (κ1) is 43.4. The van der Waals surface area contributed by atoms with E-state index in [0.717, 1.165) is 0 Å². The van der Waals surface area contributed by atoms with Gasteiger partial charge in [-0.3, -0.25) is 0 Å². The van der Waals surface area contributed by atoms with Crippen LogP contribution in [0.4, 0.5) is 0 Å². The first-order chi connectivity index (χ1) is 21.2. The Labute approximate surface area is 278 Å². The van der Waals surface area contributed by atoms with Gasteiger partial charge in [-0.15, -0.1) is 0 Å². The largest absolute Gasteiger partial charge is 0.241 e. The number of hydrogen-bond donors (Lipinski definition) is 0. The fourth-order valence-corrected chi connectivity index (χ4v) is 12.0. The lowest BCUT2D eigenvalue weighted by atomic mass is 10.0. The average molecular weight is 625 g/mol. The molecule has 0 aliphatic heterocycles. The van der Waals surface area contributed by atoms with E-state index in [2.05, 4.69) is 27.7 Å². The highest BCUT2D eigenvalue weighted by Gasteiger charge is 2.21. The Kier molecular flexibility index (Phi) is 37.1. The van der Waals surface area contributed by atoms with Crippen LogP contribution in [0.5, 0.6) is 0 Å². The minimum absolute atomic E-state index is 0.335. The van der Waals surface area contributed by atoms with Crippen molar-refractivity contribution in [1.82, 2.24) is 0 Å². The molecule has 0 nitrogen and oxygen atoms in total. The van der Waals surface area contributed by atoms with E-state index in [1.54, 1.807) is 23.0 Å². The maximum atomic E-state index is 2.46. The summed E-state index contributed by atoms with van der Waals surface area (Å²) in [5.41, 5.74) is 0. The van der Waals surface area contributed by atoms with E-state index >= 15 is 0 Å². The van der Waals surface area contributed by atoms with Crippen molar-refractivity contribution in [3.05, 3.63) is 0 Å². The molecule has 0 aromatic carbocycles. The molecule has 0 spiro atoms. The molecule has 0 heterocycles. The molecule has 0 fully saturated rings. The maximum Gasteiger partial charge on any atom is -0.0228 e. The zero-order valence-corrected chi connectivity index (χ0v) is 32.1. The van der Waals surface area contributed by atoms with Gasteiger partial charge in [0, 0.05) is 0 Å². The van der Waals surface area contributed by atoms with Crippen molar-refractivity contribution in [3.8, 4) is 0 Å². The standard InChI is InChI=1S/C42H88S/c1-5-9-11-13-15-17-19-21-23-25-27-29-31-33-35-37-41-43(39-7-3,40-8-4)42-38-36-34-32-30-28-26-24-22-20-18-16-14-12-10-6-2/h5-42H2,1-4H3. The van der Waals surface area contributed by atoms with Crippen molar-refractivity contribution in [2.45, 2.75) is 246 Å². The van der Waals surface area contributed by atoms with Gasteiger partial charge in [-0.1, -0.05) is 220 Å². The van der Waals surface area contributed by atoms with Crippen LogP contribution in [-0.4, -0.2) is 23.0 Å². The van der Waals surface area contributed by atoms with Crippen LogP contribution in [0.2, 0.25) is 0 Å². The number of unbranched alkanes of at least 4 members (excludes halogenated alkanes) is 30. The van der Waals surface area contributed by atoms with Gasteiger partial charge in [0.15, 0.2) is 0 Å². The quantitative estimate of drug-likeness (QED) is 0.0599. The van der Waals surface area contributed by atoms with E-state index in [4.69, 9.17) is 0 Å². The summed E-state index contributed by atoms with van der Waals surface area (Å²) in [6.45, 7) is 9.54. The first-order valence-corrected chi connectivity index (χ1v) is 23.3. The molecule has 0 saturated carbocycles. The van der Waals surface area contributed by atoms with Crippen molar-refractivity contribution in [2.24, 2.45) is 0 Å². The summed E-state index contributed by atoms with van der Waals surface area (Å²) in [6, 6.07) is 0. The molecule has 262 valence electrons. The van der Waals surface area contributed by atoms with Gasteiger partial charge >= 0.3 is 0 Å². The molecule has 0 aliphatic rings. The van der Waals surface area contributed by atoms with E-state index in [-0.39, 0.29) is 10.0 Å². The van der Waals surface area contributed by atoms with Gasteiger partial charge in [-0.25, -0.2) is 10.0 Å². The molecule has 43 heavy (non-hydrogen) atoms. The Hall–Kier alpha value is 0.350. The Morgan fingerprint density at radius 3 is 0.558 bits per heavy atom. The molecule has 0 N–H and O–H groups in total. The Morgan fingerprint density at radius 1 is 0.186 bits per heavy atom. The molecule has 0 aromatic heterocycles. The van der Waals surface area contributed by atoms with E-state index < -0.39 is 0 Å². The lowest BCUT2D eigenvalue weighted by molar-refractivity contribution is 0.531. The molecule has 0 unspecified atom stereocenters. The SMILES string of the molecule is CCCCCCCCCCCCCCCCCCS(CCC)(CCC)CCCCCCCCCCCCCCCCCC. The predicted octanol–water partition coefficient (Wildman–Crippen LogP) is 16.1. The maximum absolute atomic E-state index is 2.46. The summed E-state index contributed by atoms with van der Waals surface area (Å²) >= 11 is 0. The third kappa shape index (κ3) is 32.1. The van der Waals surface area contributed by atoms with Crippen LogP contribution in [0.3, 0.4) is 0 Å². The van der Waals surface area contributed by atoms with Crippen LogP contribution in [0.25, 0.3) is 0 Å². The molecular weight excluding hydrogens is 537 g/mol. The first-order valence-electron chi connectivity index (χ1n) is 21.0. The van der Waals surface area contributed by atoms with Crippen molar-refractivity contribution in [3.63, 3.8) is 0 Å². The lowest BCUT2D eigenvalue weighted by Crippen LogP contribution is -2.17. The molecule has 0 aromatic rings. The average Bonchev–Trinajstić information content (AvgIpc) is 3.01.